The lowest BCUT2D eigenvalue weighted by Crippen LogP contribution is -2.41. The van der Waals surface area contributed by atoms with Gasteiger partial charge in [-0.15, -0.1) is 6.58 Å². The average Bonchev–Trinajstić information content (AvgIpc) is 3.62. The van der Waals surface area contributed by atoms with E-state index in [9.17, 15) is 9.59 Å². The number of carbonyl (C=O) groups excluding carboxylic acids is 2. The number of hydrogen-bond donors (Lipinski definition) is 1. The van der Waals surface area contributed by atoms with Gasteiger partial charge in [-0.1, -0.05) is 42.0 Å². The number of nitrogens with zero attached hydrogens (tertiary/aromatic N) is 2. The normalized spacial score (nSPS) is 16.9. The zero-order valence-corrected chi connectivity index (χ0v) is 19.8. The van der Waals surface area contributed by atoms with Crippen molar-refractivity contribution < 1.29 is 18.7 Å². The molecule has 1 aliphatic carbocycles. The van der Waals surface area contributed by atoms with Crippen LogP contribution in [0, 0.1) is 12.8 Å². The minimum absolute atomic E-state index is 0.0906. The summed E-state index contributed by atoms with van der Waals surface area (Å²) in [5.74, 6) is 1.06. The lowest BCUT2D eigenvalue weighted by Gasteiger charge is -2.38. The minimum Gasteiger partial charge on any atom is -0.484 e. The van der Waals surface area contributed by atoms with Crippen molar-refractivity contribution in [3.63, 3.8) is 0 Å². The molecule has 7 nitrogen and oxygen atoms in total. The maximum absolute atomic E-state index is 13.2. The Kier molecular flexibility index (Phi) is 6.40. The van der Waals surface area contributed by atoms with Crippen LogP contribution < -0.4 is 10.1 Å². The van der Waals surface area contributed by atoms with Crippen molar-refractivity contribution in [2.45, 2.75) is 38.8 Å². The van der Waals surface area contributed by atoms with Crippen LogP contribution in [-0.4, -0.2) is 34.8 Å². The third-order valence-electron chi connectivity index (χ3n) is 6.47. The Hall–Kier alpha value is -3.87. The van der Waals surface area contributed by atoms with Crippen LogP contribution in [0.1, 0.15) is 57.5 Å². The van der Waals surface area contributed by atoms with Gasteiger partial charge in [-0.3, -0.25) is 9.59 Å². The molecule has 2 heterocycles. The Morgan fingerprint density at radius 1 is 1.26 bits per heavy atom. The summed E-state index contributed by atoms with van der Waals surface area (Å²) in [6.07, 6.45) is 5.70. The molecular formula is C28H29N3O4. The first-order valence-electron chi connectivity index (χ1n) is 12.0. The highest BCUT2D eigenvalue weighted by Gasteiger charge is 2.39. The first-order valence-corrected chi connectivity index (χ1v) is 12.0. The van der Waals surface area contributed by atoms with E-state index in [1.54, 1.807) is 6.08 Å². The molecule has 1 aromatic heterocycles. The molecule has 0 bridgehead atoms. The van der Waals surface area contributed by atoms with E-state index in [4.69, 9.17) is 9.15 Å². The number of hydrogen-bond acceptors (Lipinski definition) is 5. The number of nitrogens with one attached hydrogen (secondary N) is 1. The summed E-state index contributed by atoms with van der Waals surface area (Å²) in [6, 6.07) is 14.3. The highest BCUT2D eigenvalue weighted by atomic mass is 16.5. The van der Waals surface area contributed by atoms with Gasteiger partial charge in [0.2, 0.25) is 11.8 Å². The standard InChI is InChI=1S/C28H29N3O4/c1-3-12-29-27(32)24-16-35-25(30-24)17-34-22-10-9-19-11-13-31(28(33)20-7-8-20)26(23(19)15-22)21-6-4-5-18(2)14-21/h3-6,9-10,14-16,20,26H,1,7-8,11-13,17H2,2H3,(H,29,32)/t26-/m1/s1. The lowest BCUT2D eigenvalue weighted by molar-refractivity contribution is -0.134. The number of amides is 2. The van der Waals surface area contributed by atoms with Gasteiger partial charge in [0.05, 0.1) is 6.04 Å². The summed E-state index contributed by atoms with van der Waals surface area (Å²) in [7, 11) is 0. The van der Waals surface area contributed by atoms with Gasteiger partial charge >= 0.3 is 0 Å². The summed E-state index contributed by atoms with van der Waals surface area (Å²) < 4.78 is 11.4. The van der Waals surface area contributed by atoms with Crippen molar-refractivity contribution in [2.24, 2.45) is 5.92 Å². The Bertz CT molecular complexity index is 1260. The smallest absolute Gasteiger partial charge is 0.273 e. The fourth-order valence-corrected chi connectivity index (χ4v) is 4.57. The van der Waals surface area contributed by atoms with E-state index in [1.165, 1.54) is 11.8 Å². The molecule has 2 amide bonds. The van der Waals surface area contributed by atoms with E-state index in [0.717, 1.165) is 36.0 Å². The molecule has 180 valence electrons. The summed E-state index contributed by atoms with van der Waals surface area (Å²) in [4.78, 5) is 31.5. The molecule has 7 heteroatoms. The number of fused-ring (bicyclic) bond motifs is 1. The van der Waals surface area contributed by atoms with Crippen molar-refractivity contribution in [3.8, 4) is 5.75 Å². The van der Waals surface area contributed by atoms with Crippen LogP contribution >= 0.6 is 0 Å². The Labute approximate surface area is 204 Å². The molecule has 0 spiro atoms. The van der Waals surface area contributed by atoms with Crippen molar-refractivity contribution >= 4 is 11.8 Å². The molecule has 1 N–H and O–H groups in total. The summed E-state index contributed by atoms with van der Waals surface area (Å²) in [5, 5.41) is 2.67. The quantitative estimate of drug-likeness (QED) is 0.494. The molecule has 1 atom stereocenters. The number of rotatable bonds is 8. The number of carbonyl (C=O) groups is 2. The van der Waals surface area contributed by atoms with Gasteiger partial charge in [0.1, 0.15) is 12.0 Å². The molecule has 0 unspecified atom stereocenters. The van der Waals surface area contributed by atoms with Crippen LogP contribution in [0.3, 0.4) is 0 Å². The van der Waals surface area contributed by atoms with Crippen LogP contribution in [-0.2, 0) is 17.8 Å². The lowest BCUT2D eigenvalue weighted by atomic mass is 9.87. The van der Waals surface area contributed by atoms with Crippen LogP contribution in [0.15, 0.2) is 65.8 Å². The predicted octanol–water partition coefficient (Wildman–Crippen LogP) is 4.36. The molecule has 2 aliphatic rings. The highest BCUT2D eigenvalue weighted by Crippen LogP contribution is 2.41. The van der Waals surface area contributed by atoms with Gasteiger partial charge < -0.3 is 19.4 Å². The molecule has 1 saturated carbocycles. The summed E-state index contributed by atoms with van der Waals surface area (Å²) >= 11 is 0. The Morgan fingerprint density at radius 3 is 2.89 bits per heavy atom. The van der Waals surface area contributed by atoms with Gasteiger partial charge in [-0.25, -0.2) is 4.98 Å². The first-order chi connectivity index (χ1) is 17.0. The number of ether oxygens (including phenoxy) is 1. The van der Waals surface area contributed by atoms with Crippen molar-refractivity contribution in [1.82, 2.24) is 15.2 Å². The van der Waals surface area contributed by atoms with Gasteiger partial charge in [0.25, 0.3) is 5.91 Å². The highest BCUT2D eigenvalue weighted by molar-refractivity contribution is 5.91. The van der Waals surface area contributed by atoms with E-state index in [1.807, 2.05) is 23.1 Å². The zero-order valence-electron chi connectivity index (χ0n) is 19.8. The zero-order chi connectivity index (χ0) is 24.4. The van der Waals surface area contributed by atoms with Gasteiger partial charge in [0, 0.05) is 19.0 Å². The second-order valence-corrected chi connectivity index (χ2v) is 9.15. The predicted molar refractivity (Wildman–Crippen MR) is 131 cm³/mol. The van der Waals surface area contributed by atoms with Crippen LogP contribution in [0.4, 0.5) is 0 Å². The third kappa shape index (κ3) is 4.99. The van der Waals surface area contributed by atoms with E-state index in [0.29, 0.717) is 24.7 Å². The SMILES string of the molecule is C=CCNC(=O)c1coc(COc2ccc3c(c2)[C@@H](c2cccc(C)c2)N(C(=O)C2CC2)CC3)n1. The topological polar surface area (TPSA) is 84.7 Å². The minimum atomic E-state index is -0.324. The van der Waals surface area contributed by atoms with E-state index in [2.05, 4.69) is 48.1 Å². The third-order valence-corrected chi connectivity index (χ3v) is 6.47. The van der Waals surface area contributed by atoms with Crippen molar-refractivity contribution in [3.05, 3.63) is 95.2 Å². The van der Waals surface area contributed by atoms with Crippen molar-refractivity contribution in [2.75, 3.05) is 13.1 Å². The van der Waals surface area contributed by atoms with Gasteiger partial charge in [-0.2, -0.15) is 0 Å². The van der Waals surface area contributed by atoms with E-state index >= 15 is 0 Å². The number of benzene rings is 2. The van der Waals surface area contributed by atoms with Gasteiger partial charge in [0.15, 0.2) is 12.3 Å². The monoisotopic (exact) mass is 471 g/mol. The molecule has 35 heavy (non-hydrogen) atoms. The number of oxazole rings is 1. The molecule has 1 fully saturated rings. The van der Waals surface area contributed by atoms with Crippen LogP contribution in [0.25, 0.3) is 0 Å². The number of aromatic nitrogens is 1. The summed E-state index contributed by atoms with van der Waals surface area (Å²) in [6.45, 7) is 6.81. The maximum atomic E-state index is 13.2. The van der Waals surface area contributed by atoms with Crippen molar-refractivity contribution in [1.29, 1.82) is 0 Å². The van der Waals surface area contributed by atoms with Crippen LogP contribution in [0.5, 0.6) is 5.75 Å². The first kappa shape index (κ1) is 22.9. The maximum Gasteiger partial charge on any atom is 0.273 e. The van der Waals surface area contributed by atoms with E-state index in [-0.39, 0.29) is 36.1 Å². The van der Waals surface area contributed by atoms with Crippen LogP contribution in [0.2, 0.25) is 0 Å². The Balaban J connectivity index is 1.38. The fraction of sp³-hybridized carbons (Fsp3) is 0.321. The molecule has 5 rings (SSSR count). The molecule has 3 aromatic rings. The second-order valence-electron chi connectivity index (χ2n) is 9.15. The molecular weight excluding hydrogens is 442 g/mol. The average molecular weight is 472 g/mol. The van der Waals surface area contributed by atoms with E-state index < -0.39 is 0 Å². The Morgan fingerprint density at radius 2 is 2.11 bits per heavy atom. The molecule has 0 saturated heterocycles. The molecule has 2 aromatic carbocycles. The fourth-order valence-electron chi connectivity index (χ4n) is 4.57. The summed E-state index contributed by atoms with van der Waals surface area (Å²) in [5.41, 5.74) is 4.79. The second kappa shape index (κ2) is 9.78. The van der Waals surface area contributed by atoms with Gasteiger partial charge in [-0.05, 0) is 55.0 Å². The largest absolute Gasteiger partial charge is 0.484 e. The number of aryl methyl sites for hydroxylation is 1. The molecule has 0 radical (unpaired) electrons. The molecule has 1 aliphatic heterocycles.